The number of hydrogen-bond acceptors (Lipinski definition) is 1. The molecule has 0 saturated heterocycles. The number of rotatable bonds is 4. The maximum absolute atomic E-state index is 6.96. The van der Waals surface area contributed by atoms with Gasteiger partial charge in [-0.1, -0.05) is 26.3 Å². The van der Waals surface area contributed by atoms with Crippen molar-refractivity contribution in [3.05, 3.63) is 11.6 Å². The van der Waals surface area contributed by atoms with Crippen molar-refractivity contribution >= 4 is 6.21 Å². The van der Waals surface area contributed by atoms with Gasteiger partial charge in [-0.25, -0.2) is 0 Å². The lowest BCUT2D eigenvalue weighted by molar-refractivity contribution is 0.368. The molecule has 0 radical (unpaired) electrons. The highest BCUT2D eigenvalue weighted by atomic mass is 14.3. The minimum absolute atomic E-state index is 0.303. The van der Waals surface area contributed by atoms with Crippen molar-refractivity contribution in [3.63, 3.8) is 0 Å². The van der Waals surface area contributed by atoms with E-state index >= 15 is 0 Å². The van der Waals surface area contributed by atoms with Crippen LogP contribution in [0.3, 0.4) is 0 Å². The molecule has 0 fully saturated rings. The van der Waals surface area contributed by atoms with Crippen LogP contribution in [0.25, 0.3) is 0 Å². The first-order valence-corrected chi connectivity index (χ1v) is 4.28. The molecule has 11 heavy (non-hydrogen) atoms. The predicted octanol–water partition coefficient (Wildman–Crippen LogP) is 3.41. The zero-order chi connectivity index (χ0) is 8.91. The zero-order valence-electron chi connectivity index (χ0n) is 8.07. The van der Waals surface area contributed by atoms with Gasteiger partial charge in [0, 0.05) is 6.21 Å². The van der Waals surface area contributed by atoms with Crippen LogP contribution in [-0.4, -0.2) is 6.21 Å². The summed E-state index contributed by atoms with van der Waals surface area (Å²) in [6.07, 6.45) is 5.57. The van der Waals surface area contributed by atoms with Crippen molar-refractivity contribution in [2.75, 3.05) is 0 Å². The lowest BCUT2D eigenvalue weighted by atomic mass is 9.78. The van der Waals surface area contributed by atoms with Gasteiger partial charge in [-0.2, -0.15) is 0 Å². The topological polar surface area (TPSA) is 23.9 Å². The van der Waals surface area contributed by atoms with Crippen LogP contribution in [0, 0.1) is 10.8 Å². The van der Waals surface area contributed by atoms with E-state index in [2.05, 4.69) is 27.7 Å². The van der Waals surface area contributed by atoms with Gasteiger partial charge in [0.05, 0.1) is 0 Å². The third-order valence-corrected chi connectivity index (χ3v) is 2.85. The van der Waals surface area contributed by atoms with Crippen molar-refractivity contribution in [2.24, 2.45) is 5.41 Å². The van der Waals surface area contributed by atoms with Gasteiger partial charge in [-0.05, 0) is 31.3 Å². The summed E-state index contributed by atoms with van der Waals surface area (Å²) in [5, 5.41) is 6.96. The Hall–Kier alpha value is -0.590. The van der Waals surface area contributed by atoms with E-state index in [1.165, 1.54) is 11.8 Å². The molecule has 0 atom stereocenters. The van der Waals surface area contributed by atoms with E-state index in [4.69, 9.17) is 5.41 Å². The van der Waals surface area contributed by atoms with E-state index < -0.39 is 0 Å². The fourth-order valence-electron chi connectivity index (χ4n) is 1.13. The molecule has 0 heterocycles. The first kappa shape index (κ1) is 10.4. The largest absolute Gasteiger partial charge is 0.309 e. The van der Waals surface area contributed by atoms with Crippen LogP contribution in [0.1, 0.15) is 40.5 Å². The van der Waals surface area contributed by atoms with E-state index in [0.29, 0.717) is 5.41 Å². The van der Waals surface area contributed by atoms with Crippen molar-refractivity contribution in [1.82, 2.24) is 0 Å². The quantitative estimate of drug-likeness (QED) is 0.598. The third kappa shape index (κ3) is 2.49. The molecule has 1 nitrogen and oxygen atoms in total. The van der Waals surface area contributed by atoms with Gasteiger partial charge >= 0.3 is 0 Å². The van der Waals surface area contributed by atoms with Crippen LogP contribution in [0.5, 0.6) is 0 Å². The van der Waals surface area contributed by atoms with Gasteiger partial charge in [0.15, 0.2) is 0 Å². The van der Waals surface area contributed by atoms with Gasteiger partial charge in [0.25, 0.3) is 0 Å². The Balaban J connectivity index is 4.48. The van der Waals surface area contributed by atoms with Crippen molar-refractivity contribution < 1.29 is 0 Å². The predicted molar refractivity (Wildman–Crippen MR) is 51.2 cm³/mol. The Kier molecular flexibility index (Phi) is 4.09. The summed E-state index contributed by atoms with van der Waals surface area (Å²) >= 11 is 0. The minimum atomic E-state index is 0.303. The number of allylic oxidation sites excluding steroid dienone is 2. The third-order valence-electron chi connectivity index (χ3n) is 2.85. The summed E-state index contributed by atoms with van der Waals surface area (Å²) in [4.78, 5) is 0. The highest BCUT2D eigenvalue weighted by Gasteiger charge is 2.20. The molecule has 0 rings (SSSR count). The van der Waals surface area contributed by atoms with Crippen molar-refractivity contribution in [3.8, 4) is 0 Å². The molecule has 0 saturated carbocycles. The second-order valence-electron chi connectivity index (χ2n) is 3.28. The summed E-state index contributed by atoms with van der Waals surface area (Å²) in [5.41, 5.74) is 1.62. The Morgan fingerprint density at radius 3 is 2.09 bits per heavy atom. The van der Waals surface area contributed by atoms with E-state index in [1.807, 2.05) is 6.08 Å². The van der Waals surface area contributed by atoms with Gasteiger partial charge in [-0.15, -0.1) is 0 Å². The minimum Gasteiger partial charge on any atom is -0.309 e. The molecule has 0 amide bonds. The monoisotopic (exact) mass is 153 g/mol. The first-order valence-electron chi connectivity index (χ1n) is 4.28. The van der Waals surface area contributed by atoms with Crippen LogP contribution in [0.2, 0.25) is 0 Å². The standard InChI is InChI=1S/C10H19N/c1-5-10(4,6-2)9(3)7-8-11/h7-8,11H,5-6H2,1-4H3. The molecule has 0 aliphatic heterocycles. The second kappa shape index (κ2) is 4.32. The molecule has 0 aliphatic rings. The maximum Gasteiger partial charge on any atom is 0.0177 e. The van der Waals surface area contributed by atoms with Gasteiger partial charge in [-0.3, -0.25) is 0 Å². The first-order chi connectivity index (χ1) is 5.10. The molecule has 0 spiro atoms. The van der Waals surface area contributed by atoms with E-state index in [-0.39, 0.29) is 0 Å². The Labute approximate surface area is 70.0 Å². The Morgan fingerprint density at radius 1 is 1.36 bits per heavy atom. The summed E-state index contributed by atoms with van der Waals surface area (Å²) in [6.45, 7) is 8.76. The smallest absolute Gasteiger partial charge is 0.0177 e. The molecule has 0 bridgehead atoms. The van der Waals surface area contributed by atoms with E-state index in [0.717, 1.165) is 12.8 Å². The molecule has 1 N–H and O–H groups in total. The van der Waals surface area contributed by atoms with Crippen LogP contribution in [0.15, 0.2) is 11.6 Å². The molecular weight excluding hydrogens is 134 g/mol. The van der Waals surface area contributed by atoms with Gasteiger partial charge in [0.1, 0.15) is 0 Å². The number of nitrogens with one attached hydrogen (secondary N) is 1. The summed E-state index contributed by atoms with van der Waals surface area (Å²) in [5.74, 6) is 0. The fourth-order valence-corrected chi connectivity index (χ4v) is 1.13. The molecule has 64 valence electrons. The van der Waals surface area contributed by atoms with Crippen LogP contribution >= 0.6 is 0 Å². The molecule has 0 aromatic heterocycles. The van der Waals surface area contributed by atoms with Crippen molar-refractivity contribution in [2.45, 2.75) is 40.5 Å². The zero-order valence-corrected chi connectivity index (χ0v) is 8.07. The Morgan fingerprint density at radius 2 is 1.82 bits per heavy atom. The molecule has 0 aromatic rings. The van der Waals surface area contributed by atoms with Gasteiger partial charge in [0.2, 0.25) is 0 Å². The highest BCUT2D eigenvalue weighted by Crippen LogP contribution is 2.33. The molecule has 0 aromatic carbocycles. The van der Waals surface area contributed by atoms with Crippen LogP contribution < -0.4 is 0 Å². The normalized spacial score (nSPS) is 13.3. The van der Waals surface area contributed by atoms with Gasteiger partial charge < -0.3 is 5.41 Å². The highest BCUT2D eigenvalue weighted by molar-refractivity contribution is 5.69. The Bertz CT molecular complexity index is 152. The average molecular weight is 153 g/mol. The second-order valence-corrected chi connectivity index (χ2v) is 3.28. The summed E-state index contributed by atoms with van der Waals surface area (Å²) in [6, 6.07) is 0. The average Bonchev–Trinajstić information content (AvgIpc) is 2.03. The van der Waals surface area contributed by atoms with Crippen LogP contribution in [0.4, 0.5) is 0 Å². The van der Waals surface area contributed by atoms with Crippen LogP contribution in [-0.2, 0) is 0 Å². The maximum atomic E-state index is 6.96. The SMILES string of the molecule is CCC(C)(CC)C(C)=CC=N. The summed E-state index contributed by atoms with van der Waals surface area (Å²) < 4.78 is 0. The summed E-state index contributed by atoms with van der Waals surface area (Å²) in [7, 11) is 0. The van der Waals surface area contributed by atoms with E-state index in [9.17, 15) is 0 Å². The molecule has 0 aliphatic carbocycles. The lowest BCUT2D eigenvalue weighted by Gasteiger charge is -2.27. The lowest BCUT2D eigenvalue weighted by Crippen LogP contribution is -2.15. The number of hydrogen-bond donors (Lipinski definition) is 1. The molecule has 1 heteroatoms. The molecular formula is C10H19N. The van der Waals surface area contributed by atoms with Crippen molar-refractivity contribution in [1.29, 1.82) is 5.41 Å². The fraction of sp³-hybridized carbons (Fsp3) is 0.700. The molecule has 0 unspecified atom stereocenters. The van der Waals surface area contributed by atoms with E-state index in [1.54, 1.807) is 0 Å².